The van der Waals surface area contributed by atoms with Gasteiger partial charge in [-0.2, -0.15) is 79.7 Å². The Bertz CT molecular complexity index is 872. The number of alkyl halides is 17. The van der Waals surface area contributed by atoms with E-state index >= 15 is 0 Å². The fourth-order valence-electron chi connectivity index (χ4n) is 2.04. The van der Waals surface area contributed by atoms with Gasteiger partial charge in [-0.15, -0.1) is 0 Å². The van der Waals surface area contributed by atoms with Crippen LogP contribution in [0.5, 0.6) is 0 Å². The Morgan fingerprint density at radius 1 is 0.639 bits per heavy atom. The van der Waals surface area contributed by atoms with Crippen molar-refractivity contribution in [3.05, 3.63) is 0 Å². The maximum Gasteiger partial charge on any atom is 0.460 e. The van der Waals surface area contributed by atoms with Gasteiger partial charge in [-0.25, -0.2) is 13.1 Å². The molecule has 0 aromatic carbocycles. The number of hydrogen-bond acceptors (Lipinski definition) is 4. The second-order valence-corrected chi connectivity index (χ2v) is 8.57. The number of nitrogens with zero attached hydrogens (tertiary/aromatic N) is 1. The van der Waals surface area contributed by atoms with Gasteiger partial charge in [0.25, 0.3) is 10.0 Å². The van der Waals surface area contributed by atoms with Crippen LogP contribution in [0, 0.1) is 0 Å². The standard InChI is InChI=1S/C13H13F17N2O3S/c1-2-32(33)5-3-4-31-36(34,35)13(29,30)11(24,25)9(20,21)7(16,17)6(14,15)8(18,19)10(22,23)12(26,27)28/h31,33H,2-5H2,1H3. The number of rotatable bonds is 13. The zero-order valence-corrected chi connectivity index (χ0v) is 17.7. The van der Waals surface area contributed by atoms with Crippen molar-refractivity contribution in [2.24, 2.45) is 0 Å². The second kappa shape index (κ2) is 9.75. The predicted molar refractivity (Wildman–Crippen MR) is 81.3 cm³/mol. The molecular weight excluding hydrogens is 587 g/mol. The van der Waals surface area contributed by atoms with E-state index in [-0.39, 0.29) is 6.54 Å². The lowest BCUT2D eigenvalue weighted by Gasteiger charge is -2.42. The molecule has 0 saturated carbocycles. The van der Waals surface area contributed by atoms with Crippen molar-refractivity contribution in [2.45, 2.75) is 60.3 Å². The Hall–Kier alpha value is -1.36. The number of hydrogen-bond donors (Lipinski definition) is 2. The summed E-state index contributed by atoms with van der Waals surface area (Å²) in [7, 11) is -7.31. The van der Waals surface area contributed by atoms with Crippen LogP contribution in [0.15, 0.2) is 0 Å². The van der Waals surface area contributed by atoms with Crippen LogP contribution in [0.2, 0.25) is 0 Å². The summed E-state index contributed by atoms with van der Waals surface area (Å²) in [6.07, 6.45) is -8.65. The molecule has 0 unspecified atom stereocenters. The summed E-state index contributed by atoms with van der Waals surface area (Å²) in [5, 5.41) is 1.74. The highest BCUT2D eigenvalue weighted by Crippen LogP contribution is 2.64. The molecule has 0 bridgehead atoms. The van der Waals surface area contributed by atoms with Crippen LogP contribution in [-0.4, -0.2) is 85.3 Å². The van der Waals surface area contributed by atoms with Crippen molar-refractivity contribution in [2.75, 3.05) is 19.6 Å². The van der Waals surface area contributed by atoms with Crippen LogP contribution in [-0.2, 0) is 10.0 Å². The van der Waals surface area contributed by atoms with Crippen LogP contribution in [0.3, 0.4) is 0 Å². The molecule has 0 aromatic rings. The van der Waals surface area contributed by atoms with Crippen molar-refractivity contribution >= 4 is 10.0 Å². The first-order chi connectivity index (χ1) is 15.5. The number of sulfonamides is 1. The first kappa shape index (κ1) is 34.6. The Balaban J connectivity index is 6.50. The van der Waals surface area contributed by atoms with Gasteiger partial charge in [0.05, 0.1) is 0 Å². The quantitative estimate of drug-likeness (QED) is 0.178. The smallest absolute Gasteiger partial charge is 0.314 e. The zero-order valence-electron chi connectivity index (χ0n) is 16.9. The van der Waals surface area contributed by atoms with E-state index in [1.165, 1.54) is 6.92 Å². The Labute approximate surface area is 189 Å². The molecule has 0 fully saturated rings. The van der Waals surface area contributed by atoms with E-state index in [9.17, 15) is 83.1 Å². The molecule has 23 heteroatoms. The summed E-state index contributed by atoms with van der Waals surface area (Å²) >= 11 is 0. The van der Waals surface area contributed by atoms with Crippen molar-refractivity contribution in [3.63, 3.8) is 0 Å². The highest BCUT2D eigenvalue weighted by atomic mass is 32.2. The van der Waals surface area contributed by atoms with Crippen LogP contribution in [0.25, 0.3) is 0 Å². The van der Waals surface area contributed by atoms with Crippen molar-refractivity contribution in [3.8, 4) is 0 Å². The Morgan fingerprint density at radius 2 is 0.972 bits per heavy atom. The lowest BCUT2D eigenvalue weighted by molar-refractivity contribution is -0.458. The van der Waals surface area contributed by atoms with E-state index in [0.717, 1.165) is 0 Å². The molecule has 0 spiro atoms. The Morgan fingerprint density at radius 3 is 1.31 bits per heavy atom. The van der Waals surface area contributed by atoms with E-state index < -0.39 is 76.5 Å². The molecule has 0 rings (SSSR count). The molecule has 0 atom stereocenters. The molecule has 36 heavy (non-hydrogen) atoms. The van der Waals surface area contributed by atoms with Crippen LogP contribution < -0.4 is 4.72 Å². The molecule has 0 aromatic heterocycles. The summed E-state index contributed by atoms with van der Waals surface area (Å²) in [5.41, 5.74) is 0. The molecule has 2 N–H and O–H groups in total. The summed E-state index contributed by atoms with van der Waals surface area (Å²) in [4.78, 5) is 0. The van der Waals surface area contributed by atoms with Gasteiger partial charge in [-0.3, -0.25) is 0 Å². The minimum atomic E-state index is -8.86. The Kier molecular flexibility index (Phi) is 9.38. The average molecular weight is 600 g/mol. The molecular formula is C13H13F17N2O3S. The maximum absolute atomic E-state index is 13.7. The van der Waals surface area contributed by atoms with E-state index in [4.69, 9.17) is 5.21 Å². The highest BCUT2D eigenvalue weighted by Gasteiger charge is 2.96. The van der Waals surface area contributed by atoms with E-state index in [1.54, 1.807) is 0 Å². The number of nitrogens with one attached hydrogen (secondary N) is 1. The van der Waals surface area contributed by atoms with Crippen LogP contribution in [0.1, 0.15) is 13.3 Å². The highest BCUT2D eigenvalue weighted by molar-refractivity contribution is 7.90. The molecule has 0 saturated heterocycles. The van der Waals surface area contributed by atoms with Gasteiger partial charge in [0, 0.05) is 19.6 Å². The minimum Gasteiger partial charge on any atom is -0.314 e. The summed E-state index contributed by atoms with van der Waals surface area (Å²) < 4.78 is 246. The van der Waals surface area contributed by atoms with E-state index in [2.05, 4.69) is 0 Å². The molecule has 5 nitrogen and oxygen atoms in total. The van der Waals surface area contributed by atoms with Gasteiger partial charge in [-0.1, -0.05) is 6.92 Å². The predicted octanol–water partition coefficient (Wildman–Crippen LogP) is 4.97. The monoisotopic (exact) mass is 600 g/mol. The summed E-state index contributed by atoms with van der Waals surface area (Å²) in [6.45, 7) is -0.956. The average Bonchev–Trinajstić information content (AvgIpc) is 2.68. The third-order valence-corrected chi connectivity index (χ3v) is 5.80. The van der Waals surface area contributed by atoms with Gasteiger partial charge < -0.3 is 5.21 Å². The number of halogens is 17. The largest absolute Gasteiger partial charge is 0.460 e. The van der Waals surface area contributed by atoms with Crippen LogP contribution >= 0.6 is 0 Å². The fourth-order valence-corrected chi connectivity index (χ4v) is 3.10. The first-order valence-corrected chi connectivity index (χ1v) is 10.1. The van der Waals surface area contributed by atoms with Gasteiger partial charge in [0.15, 0.2) is 0 Å². The molecule has 0 aliphatic rings. The minimum absolute atomic E-state index is 0.186. The first-order valence-electron chi connectivity index (χ1n) is 8.60. The molecule has 0 radical (unpaired) electrons. The third-order valence-electron chi connectivity index (χ3n) is 4.28. The molecule has 0 aliphatic heterocycles. The second-order valence-electron chi connectivity index (χ2n) is 6.76. The fraction of sp³-hybridized carbons (Fsp3) is 1.00. The SMILES string of the molecule is CCN(O)CCCNS(=O)(=O)C(F)(F)C(F)(F)C(F)(F)C(F)(F)C(F)(F)C(F)(F)C(F)(F)C(F)(F)F. The van der Waals surface area contributed by atoms with Gasteiger partial charge in [0.1, 0.15) is 0 Å². The maximum atomic E-state index is 13.7. The van der Waals surface area contributed by atoms with Crippen molar-refractivity contribution < 1.29 is 88.3 Å². The topological polar surface area (TPSA) is 69.6 Å². The van der Waals surface area contributed by atoms with Crippen molar-refractivity contribution in [1.82, 2.24) is 9.79 Å². The van der Waals surface area contributed by atoms with Gasteiger partial charge >= 0.3 is 47.0 Å². The van der Waals surface area contributed by atoms with Gasteiger partial charge in [0.2, 0.25) is 0 Å². The van der Waals surface area contributed by atoms with E-state index in [0.29, 0.717) is 9.79 Å². The van der Waals surface area contributed by atoms with Crippen molar-refractivity contribution in [1.29, 1.82) is 0 Å². The van der Waals surface area contributed by atoms with E-state index in [1.807, 2.05) is 0 Å². The van der Waals surface area contributed by atoms with Gasteiger partial charge in [-0.05, 0) is 6.42 Å². The zero-order chi connectivity index (χ0) is 29.6. The normalized spacial score (nSPS) is 16.1. The van der Waals surface area contributed by atoms with Crippen LogP contribution in [0.4, 0.5) is 74.6 Å². The molecule has 0 heterocycles. The third kappa shape index (κ3) is 5.02. The lowest BCUT2D eigenvalue weighted by atomic mass is 9.91. The summed E-state index contributed by atoms with van der Waals surface area (Å²) in [5.74, 6) is -51.7. The molecule has 218 valence electrons. The molecule has 0 aliphatic carbocycles. The number of hydroxylamine groups is 2. The molecule has 0 amide bonds. The lowest BCUT2D eigenvalue weighted by Crippen LogP contribution is -2.75. The summed E-state index contributed by atoms with van der Waals surface area (Å²) in [6, 6.07) is 0.